The fourth-order valence-corrected chi connectivity index (χ4v) is 2.38. The van der Waals surface area contributed by atoms with E-state index < -0.39 is 0 Å². The number of pyridine rings is 1. The minimum Gasteiger partial charge on any atom is -0.392 e. The van der Waals surface area contributed by atoms with E-state index in [2.05, 4.69) is 17.2 Å². The zero-order valence-electron chi connectivity index (χ0n) is 9.76. The van der Waals surface area contributed by atoms with Crippen LogP contribution in [0.25, 0.3) is 0 Å². The summed E-state index contributed by atoms with van der Waals surface area (Å²) in [4.78, 5) is 4.01. The molecule has 1 fully saturated rings. The number of rotatable bonds is 3. The summed E-state index contributed by atoms with van der Waals surface area (Å²) in [6, 6.07) is 4.57. The molecule has 1 aromatic heterocycles. The van der Waals surface area contributed by atoms with Gasteiger partial charge in [0.25, 0.3) is 0 Å². The maximum atomic E-state index is 9.89. The van der Waals surface area contributed by atoms with Gasteiger partial charge in [0.1, 0.15) is 0 Å². The van der Waals surface area contributed by atoms with Gasteiger partial charge in [-0.2, -0.15) is 0 Å². The van der Waals surface area contributed by atoms with Crippen molar-refractivity contribution < 1.29 is 5.11 Å². The summed E-state index contributed by atoms with van der Waals surface area (Å²) in [5.74, 6) is 0. The Hall–Kier alpha value is -0.930. The van der Waals surface area contributed by atoms with Crippen molar-refractivity contribution in [3.63, 3.8) is 0 Å². The van der Waals surface area contributed by atoms with E-state index in [1.165, 1.54) is 12.0 Å². The second kappa shape index (κ2) is 5.41. The van der Waals surface area contributed by atoms with E-state index in [0.717, 1.165) is 19.3 Å². The lowest BCUT2D eigenvalue weighted by atomic mass is 9.91. The molecule has 3 atom stereocenters. The summed E-state index contributed by atoms with van der Waals surface area (Å²) in [6.07, 6.45) is 7.83. The van der Waals surface area contributed by atoms with E-state index in [1.54, 1.807) is 0 Å². The number of nitrogens with one attached hydrogen (secondary N) is 1. The van der Waals surface area contributed by atoms with Crippen molar-refractivity contribution in [3.8, 4) is 0 Å². The molecule has 0 spiro atoms. The van der Waals surface area contributed by atoms with Gasteiger partial charge < -0.3 is 10.4 Å². The predicted molar refractivity (Wildman–Crippen MR) is 64.1 cm³/mol. The molecule has 88 valence electrons. The Labute approximate surface area is 96.9 Å². The number of hydrogen-bond acceptors (Lipinski definition) is 3. The smallest absolute Gasteiger partial charge is 0.0693 e. The van der Waals surface area contributed by atoms with Crippen LogP contribution in [0.15, 0.2) is 24.5 Å². The molecule has 0 amide bonds. The maximum Gasteiger partial charge on any atom is 0.0693 e. The molecule has 0 aliphatic heterocycles. The molecular weight excluding hydrogens is 200 g/mol. The normalized spacial score (nSPS) is 27.6. The van der Waals surface area contributed by atoms with Crippen molar-refractivity contribution in [3.05, 3.63) is 30.1 Å². The van der Waals surface area contributed by atoms with Crippen LogP contribution in [0.3, 0.4) is 0 Å². The van der Waals surface area contributed by atoms with Gasteiger partial charge in [0, 0.05) is 24.5 Å². The summed E-state index contributed by atoms with van der Waals surface area (Å²) in [6.45, 7) is 2.14. The third kappa shape index (κ3) is 2.80. The lowest BCUT2D eigenvalue weighted by Gasteiger charge is -2.31. The van der Waals surface area contributed by atoms with Gasteiger partial charge in [0.05, 0.1) is 6.10 Å². The summed E-state index contributed by atoms with van der Waals surface area (Å²) >= 11 is 0. The van der Waals surface area contributed by atoms with Gasteiger partial charge in [-0.1, -0.05) is 12.8 Å². The standard InChI is InChI=1S/C13H20N2O/c1-10(11-6-8-14-9-7-11)15-12-4-2-3-5-13(12)16/h6-10,12-13,15-16H,2-5H2,1H3/t10?,12-,13-/m1/s1. The molecule has 3 nitrogen and oxygen atoms in total. The summed E-state index contributed by atoms with van der Waals surface area (Å²) in [5.41, 5.74) is 1.23. The first-order valence-electron chi connectivity index (χ1n) is 6.11. The van der Waals surface area contributed by atoms with Crippen LogP contribution in [0.2, 0.25) is 0 Å². The van der Waals surface area contributed by atoms with Crippen LogP contribution in [-0.2, 0) is 0 Å². The topological polar surface area (TPSA) is 45.1 Å². The van der Waals surface area contributed by atoms with Crippen LogP contribution in [0, 0.1) is 0 Å². The van der Waals surface area contributed by atoms with Crippen molar-refractivity contribution in [2.45, 2.75) is 50.8 Å². The second-order valence-corrected chi connectivity index (χ2v) is 4.63. The first-order chi connectivity index (χ1) is 7.77. The van der Waals surface area contributed by atoms with Crippen LogP contribution < -0.4 is 5.32 Å². The van der Waals surface area contributed by atoms with E-state index in [9.17, 15) is 5.11 Å². The predicted octanol–water partition coefficient (Wildman–Crippen LogP) is 2.04. The molecule has 1 heterocycles. The van der Waals surface area contributed by atoms with Gasteiger partial charge >= 0.3 is 0 Å². The van der Waals surface area contributed by atoms with Crippen LogP contribution in [0.5, 0.6) is 0 Å². The van der Waals surface area contributed by atoms with Gasteiger partial charge in [-0.3, -0.25) is 4.98 Å². The summed E-state index contributed by atoms with van der Waals surface area (Å²) in [7, 11) is 0. The van der Waals surface area contributed by atoms with E-state index in [0.29, 0.717) is 0 Å². The Morgan fingerprint density at radius 3 is 2.69 bits per heavy atom. The van der Waals surface area contributed by atoms with Crippen LogP contribution in [0.4, 0.5) is 0 Å². The minimum atomic E-state index is -0.182. The zero-order chi connectivity index (χ0) is 11.4. The van der Waals surface area contributed by atoms with Crippen LogP contribution in [-0.4, -0.2) is 22.2 Å². The molecule has 3 heteroatoms. The molecular formula is C13H20N2O. The number of hydrogen-bond donors (Lipinski definition) is 2. The fourth-order valence-electron chi connectivity index (χ4n) is 2.38. The average molecular weight is 220 g/mol. The molecule has 0 bridgehead atoms. The Morgan fingerprint density at radius 1 is 1.31 bits per heavy atom. The van der Waals surface area contributed by atoms with Crippen LogP contribution >= 0.6 is 0 Å². The Bertz CT molecular complexity index is 315. The number of nitrogens with zero attached hydrogens (tertiary/aromatic N) is 1. The SMILES string of the molecule is CC(N[C@@H]1CCCC[C@H]1O)c1ccncc1. The Morgan fingerprint density at radius 2 is 2.00 bits per heavy atom. The second-order valence-electron chi connectivity index (χ2n) is 4.63. The summed E-state index contributed by atoms with van der Waals surface area (Å²) in [5, 5.41) is 13.4. The van der Waals surface area contributed by atoms with Gasteiger partial charge in [0.2, 0.25) is 0 Å². The highest BCUT2D eigenvalue weighted by Gasteiger charge is 2.24. The number of aliphatic hydroxyl groups excluding tert-OH is 1. The van der Waals surface area contributed by atoms with Crippen molar-refractivity contribution in [1.29, 1.82) is 0 Å². The van der Waals surface area contributed by atoms with Gasteiger partial charge in [-0.15, -0.1) is 0 Å². The quantitative estimate of drug-likeness (QED) is 0.819. The first kappa shape index (κ1) is 11.6. The van der Waals surface area contributed by atoms with E-state index >= 15 is 0 Å². The number of aromatic nitrogens is 1. The Kier molecular flexibility index (Phi) is 3.91. The van der Waals surface area contributed by atoms with Gasteiger partial charge in [-0.25, -0.2) is 0 Å². The molecule has 0 radical (unpaired) electrons. The van der Waals surface area contributed by atoms with E-state index in [-0.39, 0.29) is 18.2 Å². The lowest BCUT2D eigenvalue weighted by Crippen LogP contribution is -2.43. The van der Waals surface area contributed by atoms with E-state index in [4.69, 9.17) is 0 Å². The zero-order valence-corrected chi connectivity index (χ0v) is 9.76. The first-order valence-corrected chi connectivity index (χ1v) is 6.11. The van der Waals surface area contributed by atoms with Crippen molar-refractivity contribution in [2.24, 2.45) is 0 Å². The van der Waals surface area contributed by atoms with Crippen molar-refractivity contribution in [1.82, 2.24) is 10.3 Å². The van der Waals surface area contributed by atoms with Crippen LogP contribution in [0.1, 0.15) is 44.2 Å². The molecule has 16 heavy (non-hydrogen) atoms. The number of aliphatic hydroxyl groups is 1. The molecule has 1 saturated carbocycles. The molecule has 2 rings (SSSR count). The van der Waals surface area contributed by atoms with Gasteiger partial charge in [0.15, 0.2) is 0 Å². The third-order valence-corrected chi connectivity index (χ3v) is 3.40. The maximum absolute atomic E-state index is 9.89. The highest BCUT2D eigenvalue weighted by atomic mass is 16.3. The largest absolute Gasteiger partial charge is 0.392 e. The molecule has 0 aromatic carbocycles. The molecule has 1 aliphatic carbocycles. The lowest BCUT2D eigenvalue weighted by molar-refractivity contribution is 0.0860. The molecule has 1 unspecified atom stereocenters. The van der Waals surface area contributed by atoms with Gasteiger partial charge in [-0.05, 0) is 37.5 Å². The third-order valence-electron chi connectivity index (χ3n) is 3.40. The summed E-state index contributed by atoms with van der Waals surface area (Å²) < 4.78 is 0. The molecule has 2 N–H and O–H groups in total. The highest BCUT2D eigenvalue weighted by Crippen LogP contribution is 2.21. The highest BCUT2D eigenvalue weighted by molar-refractivity contribution is 5.14. The van der Waals surface area contributed by atoms with E-state index in [1.807, 2.05) is 24.5 Å². The Balaban J connectivity index is 1.94. The average Bonchev–Trinajstić information content (AvgIpc) is 2.33. The van der Waals surface area contributed by atoms with Crippen molar-refractivity contribution in [2.75, 3.05) is 0 Å². The minimum absolute atomic E-state index is 0.182. The monoisotopic (exact) mass is 220 g/mol. The molecule has 1 aliphatic rings. The van der Waals surface area contributed by atoms with Crippen molar-refractivity contribution >= 4 is 0 Å². The fraction of sp³-hybridized carbons (Fsp3) is 0.615. The molecule has 1 aromatic rings. The molecule has 0 saturated heterocycles.